The molecular weight excluding hydrogens is 789 g/mol. The Kier molecular flexibility index (Phi) is 12.9. The van der Waals surface area contributed by atoms with Crippen LogP contribution in [0.4, 0.5) is 22.9 Å². The number of methoxy groups -OCH3 is 1. The van der Waals surface area contributed by atoms with Crippen LogP contribution < -0.4 is 36.6 Å². The minimum atomic E-state index is -1.01. The topological polar surface area (TPSA) is 261 Å². The fraction of sp³-hybridized carbons (Fsp3) is 0.390. The number of benzene rings is 2. The number of unbranched alkanes of at least 4 members (excludes halogenated alkanes) is 3. The van der Waals surface area contributed by atoms with Crippen LogP contribution in [0, 0.1) is 5.92 Å². The number of amides is 7. The van der Waals surface area contributed by atoms with Gasteiger partial charge in [0.25, 0.3) is 17.7 Å². The minimum absolute atomic E-state index is 0.0223. The molecule has 318 valence electrons. The average Bonchev–Trinajstić information content (AvgIpc) is 3.96. The Bertz CT molecular complexity index is 2380. The SMILES string of the molecule is CNC(=O)c1nnc(NC(=O)C2CC2)cc1Nc1cccc(-c2ncn(CCNC(=O)CCCCCCNc3ccc4c(c3)C(=O)N(C3CCC(=O)NC3=O)C4=O)n2)c1OC. The van der Waals surface area contributed by atoms with Gasteiger partial charge in [0.2, 0.25) is 23.6 Å². The molecule has 1 unspecified atom stereocenters. The number of nitrogens with zero attached hydrogens (tertiary/aromatic N) is 6. The maximum Gasteiger partial charge on any atom is 0.273 e. The van der Waals surface area contributed by atoms with Gasteiger partial charge in [0.05, 0.1) is 41.7 Å². The number of imide groups is 2. The molecule has 7 rings (SSSR count). The quantitative estimate of drug-likeness (QED) is 0.0587. The van der Waals surface area contributed by atoms with Crippen molar-refractivity contribution in [1.82, 2.24) is 45.8 Å². The van der Waals surface area contributed by atoms with E-state index in [1.165, 1.54) is 14.2 Å². The van der Waals surface area contributed by atoms with Gasteiger partial charge in [-0.25, -0.2) is 4.98 Å². The maximum atomic E-state index is 13.1. The highest BCUT2D eigenvalue weighted by Crippen LogP contribution is 2.37. The molecule has 3 aliphatic rings. The van der Waals surface area contributed by atoms with E-state index in [4.69, 9.17) is 4.74 Å². The van der Waals surface area contributed by atoms with Gasteiger partial charge in [-0.1, -0.05) is 18.9 Å². The lowest BCUT2D eigenvalue weighted by Crippen LogP contribution is -2.54. The van der Waals surface area contributed by atoms with Crippen LogP contribution in [-0.4, -0.2) is 105 Å². The molecule has 20 heteroatoms. The second-order valence-corrected chi connectivity index (χ2v) is 14.8. The third-order valence-electron chi connectivity index (χ3n) is 10.5. The molecule has 2 aliphatic heterocycles. The lowest BCUT2D eigenvalue weighted by atomic mass is 10.0. The van der Waals surface area contributed by atoms with Gasteiger partial charge >= 0.3 is 0 Å². The standard InChI is InChI=1S/C41H46N12O8/c1-42-39(58)34-29(21-31(49-50-34)47-37(56)23-11-12-23)46-28-9-7-8-26(35(28)61-2)36-45-22-52(51-36)19-18-44-32(54)10-5-3-4-6-17-43-24-13-14-25-27(20-24)41(60)53(40(25)59)30-15-16-33(55)48-38(30)57/h7-9,13-14,20-23,30,43H,3-6,10-12,15-19H2,1-2H3,(H,42,58)(H,44,54)(H,48,55,57)(H2,46,47,49,56). The molecule has 1 aliphatic carbocycles. The molecule has 1 saturated heterocycles. The third-order valence-corrected chi connectivity index (χ3v) is 10.5. The molecule has 6 N–H and O–H groups in total. The van der Waals surface area contributed by atoms with E-state index in [0.29, 0.717) is 66.7 Å². The van der Waals surface area contributed by atoms with Gasteiger partial charge in [-0.2, -0.15) is 5.10 Å². The van der Waals surface area contributed by atoms with Crippen LogP contribution in [0.5, 0.6) is 5.75 Å². The lowest BCUT2D eigenvalue weighted by Gasteiger charge is -2.27. The highest BCUT2D eigenvalue weighted by atomic mass is 16.5. The van der Waals surface area contributed by atoms with Crippen molar-refractivity contribution >= 4 is 64.2 Å². The number of hydrogen-bond acceptors (Lipinski definition) is 14. The first kappa shape index (κ1) is 41.9. The zero-order chi connectivity index (χ0) is 43.0. The predicted molar refractivity (Wildman–Crippen MR) is 220 cm³/mol. The number of ether oxygens (including phenoxy) is 1. The van der Waals surface area contributed by atoms with Crippen LogP contribution in [-0.2, 0) is 25.7 Å². The summed E-state index contributed by atoms with van der Waals surface area (Å²) in [5.74, 6) is -1.89. The van der Waals surface area contributed by atoms with Crippen molar-refractivity contribution in [3.8, 4) is 17.1 Å². The van der Waals surface area contributed by atoms with Gasteiger partial charge in [0, 0.05) is 50.7 Å². The number of para-hydroxylation sites is 1. The van der Waals surface area contributed by atoms with E-state index in [-0.39, 0.29) is 53.2 Å². The molecule has 4 heterocycles. The van der Waals surface area contributed by atoms with E-state index in [1.54, 1.807) is 53.5 Å². The molecule has 61 heavy (non-hydrogen) atoms. The summed E-state index contributed by atoms with van der Waals surface area (Å²) < 4.78 is 7.38. The van der Waals surface area contributed by atoms with Crippen molar-refractivity contribution in [1.29, 1.82) is 0 Å². The number of nitrogens with one attached hydrogen (secondary N) is 6. The van der Waals surface area contributed by atoms with Crippen LogP contribution >= 0.6 is 0 Å². The van der Waals surface area contributed by atoms with E-state index in [2.05, 4.69) is 52.2 Å². The molecule has 2 aromatic heterocycles. The second-order valence-electron chi connectivity index (χ2n) is 14.8. The third kappa shape index (κ3) is 9.80. The molecule has 1 atom stereocenters. The first-order valence-electron chi connectivity index (χ1n) is 20.1. The van der Waals surface area contributed by atoms with Gasteiger partial charge in [-0.05, 0) is 62.4 Å². The van der Waals surface area contributed by atoms with Crippen molar-refractivity contribution in [2.75, 3.05) is 43.2 Å². The van der Waals surface area contributed by atoms with E-state index >= 15 is 0 Å². The summed E-state index contributed by atoms with van der Waals surface area (Å²) in [7, 11) is 2.99. The average molecular weight is 835 g/mol. The maximum absolute atomic E-state index is 13.1. The van der Waals surface area contributed by atoms with Crippen molar-refractivity contribution in [3.05, 3.63) is 65.6 Å². The van der Waals surface area contributed by atoms with Crippen LogP contribution in [0.2, 0.25) is 0 Å². The number of anilines is 4. The Morgan fingerprint density at radius 2 is 1.69 bits per heavy atom. The molecular formula is C41H46N12O8. The smallest absolute Gasteiger partial charge is 0.273 e. The van der Waals surface area contributed by atoms with Gasteiger partial charge < -0.3 is 31.3 Å². The Labute approximate surface area is 350 Å². The summed E-state index contributed by atoms with van der Waals surface area (Å²) in [6, 6.07) is 10.8. The summed E-state index contributed by atoms with van der Waals surface area (Å²) >= 11 is 0. The number of piperidine rings is 1. The molecule has 2 aromatic carbocycles. The number of aromatic nitrogens is 5. The van der Waals surface area contributed by atoms with E-state index in [9.17, 15) is 33.6 Å². The molecule has 2 fully saturated rings. The number of carbonyl (C=O) groups is 7. The molecule has 0 spiro atoms. The zero-order valence-corrected chi connectivity index (χ0v) is 33.7. The largest absolute Gasteiger partial charge is 0.494 e. The normalized spacial score (nSPS) is 15.8. The van der Waals surface area contributed by atoms with Gasteiger partial charge in [0.1, 0.15) is 12.4 Å². The first-order valence-corrected chi connectivity index (χ1v) is 20.1. The van der Waals surface area contributed by atoms with Crippen LogP contribution in [0.15, 0.2) is 48.8 Å². The summed E-state index contributed by atoms with van der Waals surface area (Å²) in [6.07, 6.45) is 7.01. The minimum Gasteiger partial charge on any atom is -0.494 e. The summed E-state index contributed by atoms with van der Waals surface area (Å²) in [5.41, 5.74) is 2.53. The van der Waals surface area contributed by atoms with Crippen molar-refractivity contribution < 1.29 is 38.3 Å². The molecule has 1 saturated carbocycles. The highest BCUT2D eigenvalue weighted by Gasteiger charge is 2.44. The monoisotopic (exact) mass is 834 g/mol. The van der Waals surface area contributed by atoms with E-state index in [0.717, 1.165) is 37.0 Å². The van der Waals surface area contributed by atoms with E-state index in [1.807, 2.05) is 0 Å². The van der Waals surface area contributed by atoms with Crippen LogP contribution in [0.3, 0.4) is 0 Å². The lowest BCUT2D eigenvalue weighted by molar-refractivity contribution is -0.136. The molecule has 0 radical (unpaired) electrons. The Hall–Kier alpha value is -7.25. The number of rotatable bonds is 19. The fourth-order valence-corrected chi connectivity index (χ4v) is 7.09. The summed E-state index contributed by atoms with van der Waals surface area (Å²) in [4.78, 5) is 92.8. The number of fused-ring (bicyclic) bond motifs is 1. The van der Waals surface area contributed by atoms with Gasteiger partial charge in [-0.15, -0.1) is 10.2 Å². The van der Waals surface area contributed by atoms with Crippen molar-refractivity contribution in [2.24, 2.45) is 5.92 Å². The van der Waals surface area contributed by atoms with Crippen molar-refractivity contribution in [2.45, 2.75) is 70.4 Å². The summed E-state index contributed by atoms with van der Waals surface area (Å²) in [5, 5.41) is 29.6. The fourth-order valence-electron chi connectivity index (χ4n) is 7.09. The molecule has 4 aromatic rings. The van der Waals surface area contributed by atoms with Crippen molar-refractivity contribution in [3.63, 3.8) is 0 Å². The Balaban J connectivity index is 0.832. The zero-order valence-electron chi connectivity index (χ0n) is 33.7. The molecule has 20 nitrogen and oxygen atoms in total. The molecule has 7 amide bonds. The number of hydrogen-bond donors (Lipinski definition) is 6. The first-order chi connectivity index (χ1) is 29.5. The highest BCUT2D eigenvalue weighted by molar-refractivity contribution is 6.23. The Morgan fingerprint density at radius 1 is 0.885 bits per heavy atom. The van der Waals surface area contributed by atoms with E-state index < -0.39 is 35.6 Å². The number of carbonyl (C=O) groups excluding carboxylic acids is 7. The summed E-state index contributed by atoms with van der Waals surface area (Å²) in [6.45, 7) is 1.36. The van der Waals surface area contributed by atoms with Crippen LogP contribution in [0.1, 0.15) is 89.0 Å². The van der Waals surface area contributed by atoms with Gasteiger partial charge in [0.15, 0.2) is 23.1 Å². The predicted octanol–water partition coefficient (Wildman–Crippen LogP) is 2.78. The second kappa shape index (κ2) is 18.8. The van der Waals surface area contributed by atoms with Gasteiger partial charge in [-0.3, -0.25) is 48.5 Å². The Morgan fingerprint density at radius 3 is 2.46 bits per heavy atom. The molecule has 0 bridgehead atoms. The van der Waals surface area contributed by atoms with Crippen LogP contribution in [0.25, 0.3) is 11.4 Å².